The lowest BCUT2D eigenvalue weighted by Crippen LogP contribution is -2.24. The van der Waals surface area contributed by atoms with E-state index in [4.69, 9.17) is 5.11 Å². The molecule has 0 aromatic rings. The average molecular weight is 198 g/mol. The van der Waals surface area contributed by atoms with Gasteiger partial charge in [0.2, 0.25) is 0 Å². The molecule has 0 fully saturated rings. The first kappa shape index (κ1) is 12.8. The summed E-state index contributed by atoms with van der Waals surface area (Å²) in [4.78, 5) is 0. The van der Waals surface area contributed by atoms with Gasteiger partial charge in [-0.2, -0.15) is 13.2 Å². The van der Waals surface area contributed by atoms with Gasteiger partial charge in [-0.3, -0.25) is 0 Å². The van der Waals surface area contributed by atoms with Gasteiger partial charge in [0, 0.05) is 6.61 Å². The molecule has 0 aliphatic rings. The Balaban J connectivity index is 4.03. The van der Waals surface area contributed by atoms with E-state index in [1.165, 1.54) is 0 Å². The summed E-state index contributed by atoms with van der Waals surface area (Å²) in [5.74, 6) is -1.20. The highest BCUT2D eigenvalue weighted by molar-refractivity contribution is 4.69. The van der Waals surface area contributed by atoms with Gasteiger partial charge in [-0.15, -0.1) is 0 Å². The van der Waals surface area contributed by atoms with E-state index < -0.39 is 12.1 Å². The predicted octanol–water partition coefficient (Wildman–Crippen LogP) is 2.98. The zero-order valence-electron chi connectivity index (χ0n) is 8.06. The molecule has 0 aromatic carbocycles. The van der Waals surface area contributed by atoms with Gasteiger partial charge in [0.15, 0.2) is 0 Å². The van der Waals surface area contributed by atoms with Crippen LogP contribution < -0.4 is 0 Å². The SMILES string of the molecule is CC(C)CC(CCCO)C(F)(F)F. The molecule has 0 bridgehead atoms. The van der Waals surface area contributed by atoms with Gasteiger partial charge in [-0.25, -0.2) is 0 Å². The van der Waals surface area contributed by atoms with E-state index in [2.05, 4.69) is 0 Å². The van der Waals surface area contributed by atoms with Crippen molar-refractivity contribution in [3.63, 3.8) is 0 Å². The molecule has 0 saturated carbocycles. The van der Waals surface area contributed by atoms with E-state index in [9.17, 15) is 13.2 Å². The molecule has 0 saturated heterocycles. The summed E-state index contributed by atoms with van der Waals surface area (Å²) in [5.41, 5.74) is 0. The van der Waals surface area contributed by atoms with Crippen LogP contribution in [0.15, 0.2) is 0 Å². The first-order valence-electron chi connectivity index (χ1n) is 4.55. The fourth-order valence-corrected chi connectivity index (χ4v) is 1.32. The Morgan fingerprint density at radius 2 is 1.77 bits per heavy atom. The molecule has 80 valence electrons. The number of alkyl halides is 3. The van der Waals surface area contributed by atoms with E-state index in [1.54, 1.807) is 13.8 Å². The molecule has 0 aromatic heterocycles. The minimum atomic E-state index is -4.11. The van der Waals surface area contributed by atoms with Crippen molar-refractivity contribution in [2.75, 3.05) is 6.61 Å². The smallest absolute Gasteiger partial charge is 0.391 e. The van der Waals surface area contributed by atoms with Crippen LogP contribution in [0.3, 0.4) is 0 Å². The van der Waals surface area contributed by atoms with Crippen LogP contribution in [0.4, 0.5) is 13.2 Å². The molecule has 13 heavy (non-hydrogen) atoms. The molecule has 0 aliphatic heterocycles. The van der Waals surface area contributed by atoms with Gasteiger partial charge < -0.3 is 5.11 Å². The van der Waals surface area contributed by atoms with Crippen molar-refractivity contribution in [2.24, 2.45) is 11.8 Å². The number of rotatable bonds is 5. The number of hydrogen-bond donors (Lipinski definition) is 1. The van der Waals surface area contributed by atoms with Crippen molar-refractivity contribution in [1.82, 2.24) is 0 Å². The van der Waals surface area contributed by atoms with Gasteiger partial charge in [0.1, 0.15) is 0 Å². The van der Waals surface area contributed by atoms with Gasteiger partial charge in [-0.05, 0) is 25.2 Å². The predicted molar refractivity (Wildman–Crippen MR) is 45.3 cm³/mol. The van der Waals surface area contributed by atoms with Crippen LogP contribution in [0, 0.1) is 11.8 Å². The summed E-state index contributed by atoms with van der Waals surface area (Å²) >= 11 is 0. The lowest BCUT2D eigenvalue weighted by molar-refractivity contribution is -0.181. The third-order valence-electron chi connectivity index (χ3n) is 1.93. The summed E-state index contributed by atoms with van der Waals surface area (Å²) in [7, 11) is 0. The summed E-state index contributed by atoms with van der Waals surface area (Å²) in [5, 5.41) is 8.45. The molecule has 1 N–H and O–H groups in total. The van der Waals surface area contributed by atoms with E-state index in [0.29, 0.717) is 0 Å². The van der Waals surface area contributed by atoms with E-state index in [1.807, 2.05) is 0 Å². The van der Waals surface area contributed by atoms with Gasteiger partial charge in [0.05, 0.1) is 5.92 Å². The van der Waals surface area contributed by atoms with Crippen LogP contribution in [0.1, 0.15) is 33.1 Å². The van der Waals surface area contributed by atoms with Crippen LogP contribution in [0.5, 0.6) is 0 Å². The molecule has 0 heterocycles. The highest BCUT2D eigenvalue weighted by Crippen LogP contribution is 2.34. The second-order valence-electron chi connectivity index (χ2n) is 3.73. The van der Waals surface area contributed by atoms with E-state index in [0.717, 1.165) is 0 Å². The Morgan fingerprint density at radius 3 is 2.08 bits per heavy atom. The summed E-state index contributed by atoms with van der Waals surface area (Å²) < 4.78 is 37.0. The minimum absolute atomic E-state index is 0.0399. The second-order valence-corrected chi connectivity index (χ2v) is 3.73. The molecule has 1 unspecified atom stereocenters. The molecule has 0 spiro atoms. The van der Waals surface area contributed by atoms with Crippen LogP contribution in [0.25, 0.3) is 0 Å². The number of halogens is 3. The van der Waals surface area contributed by atoms with Crippen molar-refractivity contribution in [1.29, 1.82) is 0 Å². The normalized spacial score (nSPS) is 15.0. The summed E-state index contributed by atoms with van der Waals surface area (Å²) in [6.07, 6.45) is -3.68. The van der Waals surface area contributed by atoms with Gasteiger partial charge >= 0.3 is 6.18 Å². The first-order chi connectivity index (χ1) is 5.88. The zero-order chi connectivity index (χ0) is 10.5. The fourth-order valence-electron chi connectivity index (χ4n) is 1.32. The van der Waals surface area contributed by atoms with Crippen molar-refractivity contribution < 1.29 is 18.3 Å². The largest absolute Gasteiger partial charge is 0.396 e. The number of hydrogen-bond acceptors (Lipinski definition) is 1. The fraction of sp³-hybridized carbons (Fsp3) is 1.00. The lowest BCUT2D eigenvalue weighted by Gasteiger charge is -2.21. The zero-order valence-corrected chi connectivity index (χ0v) is 8.06. The van der Waals surface area contributed by atoms with Gasteiger partial charge in [0.25, 0.3) is 0 Å². The Morgan fingerprint density at radius 1 is 1.23 bits per heavy atom. The van der Waals surface area contributed by atoms with E-state index in [-0.39, 0.29) is 31.8 Å². The Labute approximate surface area is 76.9 Å². The molecule has 1 atom stereocenters. The minimum Gasteiger partial charge on any atom is -0.396 e. The Kier molecular flexibility index (Phi) is 5.37. The quantitative estimate of drug-likeness (QED) is 0.720. The van der Waals surface area contributed by atoms with E-state index >= 15 is 0 Å². The standard InChI is InChI=1S/C9H17F3O/c1-7(2)6-8(4-3-5-13)9(10,11)12/h7-8,13H,3-6H2,1-2H3. The van der Waals surface area contributed by atoms with Crippen LogP contribution in [-0.4, -0.2) is 17.9 Å². The number of aliphatic hydroxyl groups is 1. The number of aliphatic hydroxyl groups excluding tert-OH is 1. The first-order valence-corrected chi connectivity index (χ1v) is 4.55. The molecule has 1 nitrogen and oxygen atoms in total. The monoisotopic (exact) mass is 198 g/mol. The molecular weight excluding hydrogens is 181 g/mol. The molecule has 0 amide bonds. The van der Waals surface area contributed by atoms with Crippen molar-refractivity contribution >= 4 is 0 Å². The molecule has 0 radical (unpaired) electrons. The van der Waals surface area contributed by atoms with Crippen molar-refractivity contribution in [2.45, 2.75) is 39.3 Å². The summed E-state index contributed by atoms with van der Waals surface area (Å²) in [6, 6.07) is 0. The van der Waals surface area contributed by atoms with Crippen molar-refractivity contribution in [3.8, 4) is 0 Å². The Bertz CT molecular complexity index is 131. The maximum atomic E-state index is 12.3. The lowest BCUT2D eigenvalue weighted by atomic mass is 9.92. The molecule has 4 heteroatoms. The van der Waals surface area contributed by atoms with Crippen LogP contribution in [0.2, 0.25) is 0 Å². The molecular formula is C9H17F3O. The Hall–Kier alpha value is -0.250. The van der Waals surface area contributed by atoms with Crippen molar-refractivity contribution in [3.05, 3.63) is 0 Å². The second kappa shape index (κ2) is 5.47. The van der Waals surface area contributed by atoms with Crippen LogP contribution in [-0.2, 0) is 0 Å². The third kappa shape index (κ3) is 5.91. The third-order valence-corrected chi connectivity index (χ3v) is 1.93. The molecule has 0 rings (SSSR count). The van der Waals surface area contributed by atoms with Crippen LogP contribution >= 0.6 is 0 Å². The highest BCUT2D eigenvalue weighted by Gasteiger charge is 2.38. The summed E-state index contributed by atoms with van der Waals surface area (Å²) in [6.45, 7) is 3.39. The topological polar surface area (TPSA) is 20.2 Å². The molecule has 0 aliphatic carbocycles. The maximum absolute atomic E-state index is 12.3. The maximum Gasteiger partial charge on any atom is 0.391 e. The highest BCUT2D eigenvalue weighted by atomic mass is 19.4. The van der Waals surface area contributed by atoms with Gasteiger partial charge in [-0.1, -0.05) is 13.8 Å². The average Bonchev–Trinajstić information content (AvgIpc) is 1.95.